The molecule has 14 heavy (non-hydrogen) atoms. The Labute approximate surface area is 87.0 Å². The quantitative estimate of drug-likeness (QED) is 0.712. The van der Waals surface area contributed by atoms with E-state index in [0.717, 1.165) is 5.54 Å². The average Bonchev–Trinajstić information content (AvgIpc) is 2.11. The maximum Gasteiger partial charge on any atom is 0.391 e. The molecule has 0 saturated heterocycles. The normalized spacial score (nSPS) is 14.6. The molecule has 0 unspecified atom stereocenters. The largest absolute Gasteiger partial charge is 0.475 e. The van der Waals surface area contributed by atoms with Crippen molar-refractivity contribution in [1.82, 2.24) is 0 Å². The first-order chi connectivity index (χ1) is 6.48. The van der Waals surface area contributed by atoms with E-state index in [2.05, 4.69) is 4.85 Å². The van der Waals surface area contributed by atoms with Crippen LogP contribution >= 0.6 is 11.6 Å². The summed E-state index contributed by atoms with van der Waals surface area (Å²) in [7, 11) is 0. The summed E-state index contributed by atoms with van der Waals surface area (Å²) in [6.45, 7) is 8.08. The van der Waals surface area contributed by atoms with Crippen LogP contribution in [0.15, 0.2) is 11.6 Å². The molecule has 0 aliphatic rings. The van der Waals surface area contributed by atoms with Crippen LogP contribution in [0.2, 0.25) is 0 Å². The first-order valence-electron chi connectivity index (χ1n) is 3.85. The molecule has 76 valence electrons. The highest BCUT2D eigenvalue weighted by Gasteiger charge is 2.45. The smallest absolute Gasteiger partial charge is 0.391 e. The van der Waals surface area contributed by atoms with Crippen molar-refractivity contribution in [2.75, 3.05) is 0 Å². The lowest BCUT2D eigenvalue weighted by molar-refractivity contribution is -0.143. The highest BCUT2D eigenvalue weighted by molar-refractivity contribution is 6.25. The van der Waals surface area contributed by atoms with Crippen molar-refractivity contribution < 1.29 is 14.7 Å². The SMILES string of the molecule is [C-]#[N+][C@](CC=CCl)(CC(C)=O)C(=O)O. The molecule has 0 radical (unpaired) electrons. The average molecular weight is 216 g/mol. The van der Waals surface area contributed by atoms with Crippen molar-refractivity contribution in [2.45, 2.75) is 25.3 Å². The van der Waals surface area contributed by atoms with Crippen LogP contribution in [0.1, 0.15) is 19.8 Å². The van der Waals surface area contributed by atoms with Crippen LogP contribution in [0.3, 0.4) is 0 Å². The van der Waals surface area contributed by atoms with Gasteiger partial charge >= 0.3 is 11.5 Å². The van der Waals surface area contributed by atoms with E-state index in [9.17, 15) is 9.59 Å². The molecular formula is C9H10ClNO3. The van der Waals surface area contributed by atoms with Crippen LogP contribution in [-0.2, 0) is 9.59 Å². The van der Waals surface area contributed by atoms with Gasteiger partial charge in [-0.25, -0.2) is 11.4 Å². The van der Waals surface area contributed by atoms with Crippen LogP contribution in [0, 0.1) is 6.57 Å². The molecule has 0 bridgehead atoms. The van der Waals surface area contributed by atoms with Gasteiger partial charge in [-0.2, -0.15) is 0 Å². The van der Waals surface area contributed by atoms with Gasteiger partial charge in [0.25, 0.3) is 0 Å². The second-order valence-electron chi connectivity index (χ2n) is 2.89. The van der Waals surface area contributed by atoms with E-state index in [1.165, 1.54) is 13.0 Å². The van der Waals surface area contributed by atoms with E-state index >= 15 is 0 Å². The topological polar surface area (TPSA) is 58.7 Å². The Morgan fingerprint density at radius 1 is 1.64 bits per heavy atom. The number of Topliss-reactive ketones (excluding diaryl/α,β-unsaturated/α-hetero) is 1. The van der Waals surface area contributed by atoms with E-state index in [4.69, 9.17) is 23.3 Å². The van der Waals surface area contributed by atoms with Crippen molar-refractivity contribution in [1.29, 1.82) is 0 Å². The summed E-state index contributed by atoms with van der Waals surface area (Å²) < 4.78 is 0. The number of carbonyl (C=O) groups is 2. The Balaban J connectivity index is 4.90. The predicted molar refractivity (Wildman–Crippen MR) is 51.9 cm³/mol. The van der Waals surface area contributed by atoms with Crippen molar-refractivity contribution >= 4 is 23.4 Å². The number of hydrogen-bond donors (Lipinski definition) is 1. The lowest BCUT2D eigenvalue weighted by Crippen LogP contribution is -2.36. The minimum atomic E-state index is -1.70. The van der Waals surface area contributed by atoms with Crippen LogP contribution in [0.5, 0.6) is 0 Å². The number of ketones is 1. The van der Waals surface area contributed by atoms with Gasteiger partial charge in [0, 0.05) is 5.54 Å². The number of nitrogens with zero attached hydrogens (tertiary/aromatic N) is 1. The monoisotopic (exact) mass is 215 g/mol. The fraction of sp³-hybridized carbons (Fsp3) is 0.444. The van der Waals surface area contributed by atoms with Crippen molar-refractivity contribution in [2.24, 2.45) is 0 Å². The minimum absolute atomic E-state index is 0.0606. The number of halogens is 1. The summed E-state index contributed by atoms with van der Waals surface area (Å²) in [5.74, 6) is -1.62. The molecule has 0 aromatic heterocycles. The number of aliphatic carboxylic acids is 1. The van der Waals surface area contributed by atoms with E-state index in [1.54, 1.807) is 0 Å². The third kappa shape index (κ3) is 3.19. The van der Waals surface area contributed by atoms with Gasteiger partial charge in [-0.1, -0.05) is 17.7 Å². The molecule has 1 atom stereocenters. The summed E-state index contributed by atoms with van der Waals surface area (Å²) in [6, 6.07) is 0. The minimum Gasteiger partial charge on any atom is -0.475 e. The number of hydrogen-bond acceptors (Lipinski definition) is 2. The summed E-state index contributed by atoms with van der Waals surface area (Å²) >= 11 is 5.24. The molecule has 0 aliphatic heterocycles. The number of carboxylic acids is 1. The second-order valence-corrected chi connectivity index (χ2v) is 3.15. The first-order valence-corrected chi connectivity index (χ1v) is 4.29. The van der Waals surface area contributed by atoms with Gasteiger partial charge in [0.05, 0.1) is 12.8 Å². The Morgan fingerprint density at radius 3 is 2.50 bits per heavy atom. The Hall–Kier alpha value is -1.34. The van der Waals surface area contributed by atoms with Gasteiger partial charge in [0.2, 0.25) is 0 Å². The molecule has 0 spiro atoms. The van der Waals surface area contributed by atoms with Gasteiger partial charge in [0.15, 0.2) is 0 Å². The summed E-state index contributed by atoms with van der Waals surface area (Å²) in [6.07, 6.45) is 0.999. The van der Waals surface area contributed by atoms with E-state index in [0.29, 0.717) is 0 Å². The third-order valence-electron chi connectivity index (χ3n) is 1.70. The Kier molecular flexibility index (Phi) is 4.89. The maximum atomic E-state index is 10.9. The van der Waals surface area contributed by atoms with Crippen LogP contribution in [0.25, 0.3) is 4.85 Å². The maximum absolute atomic E-state index is 10.9. The zero-order valence-electron chi connectivity index (χ0n) is 7.66. The number of carboxylic acid groups (broad SMARTS) is 1. The second kappa shape index (κ2) is 5.40. The number of rotatable bonds is 5. The fourth-order valence-corrected chi connectivity index (χ4v) is 1.11. The van der Waals surface area contributed by atoms with Gasteiger partial charge < -0.3 is 5.11 Å². The third-order valence-corrected chi connectivity index (χ3v) is 1.88. The first kappa shape index (κ1) is 12.7. The molecule has 0 heterocycles. The van der Waals surface area contributed by atoms with Gasteiger partial charge in [-0.05, 0) is 6.92 Å². The van der Waals surface area contributed by atoms with Crippen LogP contribution in [-0.4, -0.2) is 22.4 Å². The summed E-state index contributed by atoms with van der Waals surface area (Å²) in [4.78, 5) is 24.7. The Morgan fingerprint density at radius 2 is 2.21 bits per heavy atom. The highest BCUT2D eigenvalue weighted by atomic mass is 35.5. The summed E-state index contributed by atoms with van der Waals surface area (Å²) in [5, 5.41) is 8.86. The van der Waals surface area contributed by atoms with Crippen molar-refractivity contribution in [3.05, 3.63) is 23.0 Å². The van der Waals surface area contributed by atoms with Crippen molar-refractivity contribution in [3.8, 4) is 0 Å². The molecule has 0 amide bonds. The lowest BCUT2D eigenvalue weighted by atomic mass is 9.90. The molecule has 0 saturated carbocycles. The lowest BCUT2D eigenvalue weighted by Gasteiger charge is -2.13. The van der Waals surface area contributed by atoms with Crippen LogP contribution < -0.4 is 0 Å². The molecule has 0 fully saturated rings. The molecule has 5 heteroatoms. The van der Waals surface area contributed by atoms with Gasteiger partial charge in [-0.3, -0.25) is 9.64 Å². The molecule has 4 nitrogen and oxygen atoms in total. The zero-order valence-corrected chi connectivity index (χ0v) is 8.41. The molecule has 0 aromatic rings. The zero-order chi connectivity index (χ0) is 11.2. The van der Waals surface area contributed by atoms with Crippen molar-refractivity contribution in [3.63, 3.8) is 0 Å². The Bertz CT molecular complexity index is 306. The predicted octanol–water partition coefficient (Wildman–Crippen LogP) is 1.85. The van der Waals surface area contributed by atoms with Crippen LogP contribution in [0.4, 0.5) is 0 Å². The van der Waals surface area contributed by atoms with E-state index < -0.39 is 11.5 Å². The van der Waals surface area contributed by atoms with E-state index in [1.807, 2.05) is 0 Å². The summed E-state index contributed by atoms with van der Waals surface area (Å²) in [5.41, 5.74) is -0.555. The molecule has 0 aromatic carbocycles. The fourth-order valence-electron chi connectivity index (χ4n) is 1.02. The number of carbonyl (C=O) groups excluding carboxylic acids is 1. The van der Waals surface area contributed by atoms with E-state index in [-0.39, 0.29) is 18.6 Å². The highest BCUT2D eigenvalue weighted by Crippen LogP contribution is 2.22. The van der Waals surface area contributed by atoms with Gasteiger partial charge in [0.1, 0.15) is 5.78 Å². The standard InChI is InChI=1S/C9H10ClNO3/c1-7(12)6-9(11-2,8(13)14)4-3-5-10/h3,5H,4,6H2,1H3,(H,13,14)/t9-/m1/s1. The molecule has 0 aliphatic carbocycles. The molecular weight excluding hydrogens is 206 g/mol. The molecule has 1 N–H and O–H groups in total. The molecule has 0 rings (SSSR count). The van der Waals surface area contributed by atoms with Gasteiger partial charge in [-0.15, -0.1) is 0 Å².